The number of aromatic amines is 1. The van der Waals surface area contributed by atoms with E-state index in [0.717, 1.165) is 0 Å². The normalized spacial score (nSPS) is 12.4. The number of hydrogen-bond acceptors (Lipinski definition) is 0. The molecule has 0 aliphatic rings. The Morgan fingerprint density at radius 1 is 0.444 bits per heavy atom. The minimum Gasteiger partial charge on any atom is -0.354 e. The lowest BCUT2D eigenvalue weighted by Crippen LogP contribution is -1.84. The highest BCUT2D eigenvalue weighted by Gasteiger charge is 2.23. The van der Waals surface area contributed by atoms with Crippen molar-refractivity contribution >= 4 is 70.7 Å². The van der Waals surface area contributed by atoms with Gasteiger partial charge in [-0.3, -0.25) is 0 Å². The Labute approximate surface area is 206 Å². The molecule has 0 saturated heterocycles. The maximum absolute atomic E-state index is 3.85. The number of fused-ring (bicyclic) bond motifs is 13. The van der Waals surface area contributed by atoms with Crippen molar-refractivity contribution in [3.63, 3.8) is 0 Å². The van der Waals surface area contributed by atoms with Crippen LogP contribution in [-0.2, 0) is 0 Å². The second-order valence-corrected chi connectivity index (χ2v) is 9.82. The molecule has 36 heavy (non-hydrogen) atoms. The number of nitrogens with zero attached hydrogens (tertiary/aromatic N) is 1. The Morgan fingerprint density at radius 2 is 1.14 bits per heavy atom. The van der Waals surface area contributed by atoms with Crippen molar-refractivity contribution in [3.8, 4) is 11.1 Å². The van der Waals surface area contributed by atoms with Crippen LogP contribution in [0.3, 0.4) is 0 Å². The molecule has 0 fully saturated rings. The molecule has 6 aromatic carbocycles. The molecule has 2 nitrogen and oxygen atoms in total. The summed E-state index contributed by atoms with van der Waals surface area (Å²) >= 11 is 0. The van der Waals surface area contributed by atoms with E-state index in [1.807, 2.05) is 0 Å². The van der Waals surface area contributed by atoms with E-state index in [1.165, 1.54) is 81.8 Å². The van der Waals surface area contributed by atoms with E-state index >= 15 is 0 Å². The first-order valence-electron chi connectivity index (χ1n) is 12.5. The minimum atomic E-state index is 1.18. The molecular formula is C34H20N2. The van der Waals surface area contributed by atoms with Crippen molar-refractivity contribution in [2.24, 2.45) is 0 Å². The molecule has 0 spiro atoms. The third-order valence-corrected chi connectivity index (χ3v) is 8.03. The summed E-state index contributed by atoms with van der Waals surface area (Å²) in [5.74, 6) is 0. The summed E-state index contributed by atoms with van der Waals surface area (Å²) in [7, 11) is 0. The quantitative estimate of drug-likeness (QED) is 0.254. The number of benzene rings is 6. The van der Waals surface area contributed by atoms with Gasteiger partial charge in [-0.2, -0.15) is 0 Å². The van der Waals surface area contributed by atoms with Gasteiger partial charge in [-0.05, 0) is 34.7 Å². The van der Waals surface area contributed by atoms with E-state index in [2.05, 4.69) is 125 Å². The monoisotopic (exact) mass is 456 g/mol. The van der Waals surface area contributed by atoms with Gasteiger partial charge in [-0.15, -0.1) is 0 Å². The largest absolute Gasteiger partial charge is 0.354 e. The molecule has 2 heteroatoms. The van der Waals surface area contributed by atoms with Crippen LogP contribution >= 0.6 is 0 Å². The molecule has 1 N–H and O–H groups in total. The highest BCUT2D eigenvalue weighted by atomic mass is 14.9. The molecule has 0 radical (unpaired) electrons. The molecule has 0 amide bonds. The summed E-state index contributed by atoms with van der Waals surface area (Å²) in [5, 5.41) is 10.4. The van der Waals surface area contributed by atoms with Crippen molar-refractivity contribution in [2.75, 3.05) is 0 Å². The zero-order valence-corrected chi connectivity index (χ0v) is 19.4. The van der Waals surface area contributed by atoms with Crippen LogP contribution in [0.2, 0.25) is 0 Å². The molecular weight excluding hydrogens is 436 g/mol. The first kappa shape index (κ1) is 18.5. The zero-order chi connectivity index (χ0) is 23.4. The first-order chi connectivity index (χ1) is 17.9. The predicted octanol–water partition coefficient (Wildman–Crippen LogP) is 9.29. The molecule has 9 rings (SSSR count). The molecule has 0 aliphatic heterocycles. The van der Waals surface area contributed by atoms with Crippen molar-refractivity contribution in [1.82, 2.24) is 9.38 Å². The zero-order valence-electron chi connectivity index (χ0n) is 19.4. The van der Waals surface area contributed by atoms with E-state index in [-0.39, 0.29) is 0 Å². The molecule has 0 bridgehead atoms. The van der Waals surface area contributed by atoms with E-state index in [1.54, 1.807) is 0 Å². The van der Waals surface area contributed by atoms with Gasteiger partial charge in [0.1, 0.15) is 0 Å². The maximum atomic E-state index is 3.85. The first-order valence-corrected chi connectivity index (χ1v) is 12.5. The van der Waals surface area contributed by atoms with Crippen LogP contribution in [0, 0.1) is 0 Å². The van der Waals surface area contributed by atoms with Crippen LogP contribution in [0.1, 0.15) is 0 Å². The summed E-state index contributed by atoms with van der Waals surface area (Å²) in [6, 6.07) is 42.0. The topological polar surface area (TPSA) is 20.2 Å². The van der Waals surface area contributed by atoms with Crippen molar-refractivity contribution < 1.29 is 0 Å². The number of rotatable bonds is 1. The lowest BCUT2D eigenvalue weighted by Gasteiger charge is -2.07. The summed E-state index contributed by atoms with van der Waals surface area (Å²) in [4.78, 5) is 3.85. The summed E-state index contributed by atoms with van der Waals surface area (Å²) in [5.41, 5.74) is 8.77. The average molecular weight is 457 g/mol. The number of hydrogen-bond donors (Lipinski definition) is 1. The highest BCUT2D eigenvalue weighted by molar-refractivity contribution is 6.38. The molecule has 3 aromatic heterocycles. The van der Waals surface area contributed by atoms with Crippen molar-refractivity contribution in [2.45, 2.75) is 0 Å². The highest BCUT2D eigenvalue weighted by Crippen LogP contribution is 2.46. The Morgan fingerprint density at radius 3 is 2.03 bits per heavy atom. The van der Waals surface area contributed by atoms with E-state index in [9.17, 15) is 0 Å². The molecule has 0 saturated carbocycles. The van der Waals surface area contributed by atoms with Gasteiger partial charge in [-0.1, -0.05) is 97.1 Å². The van der Waals surface area contributed by atoms with Crippen LogP contribution < -0.4 is 0 Å². The van der Waals surface area contributed by atoms with E-state index < -0.39 is 0 Å². The number of nitrogens with one attached hydrogen (secondary N) is 1. The van der Waals surface area contributed by atoms with Gasteiger partial charge in [-0.25, -0.2) is 0 Å². The molecule has 0 atom stereocenters. The average Bonchev–Trinajstić information content (AvgIpc) is 3.60. The van der Waals surface area contributed by atoms with Crippen molar-refractivity contribution in [1.29, 1.82) is 0 Å². The lowest BCUT2D eigenvalue weighted by atomic mass is 9.97. The number of para-hydroxylation sites is 2. The second-order valence-electron chi connectivity index (χ2n) is 9.82. The Kier molecular flexibility index (Phi) is 3.31. The molecule has 0 unspecified atom stereocenters. The smallest absolute Gasteiger partial charge is 0.0641 e. The summed E-state index contributed by atoms with van der Waals surface area (Å²) < 4.78 is 2.50. The number of H-pyrrole nitrogens is 1. The molecule has 166 valence electrons. The number of aromatic nitrogens is 2. The fourth-order valence-corrected chi connectivity index (χ4v) is 6.58. The van der Waals surface area contributed by atoms with Gasteiger partial charge in [0.05, 0.1) is 22.1 Å². The van der Waals surface area contributed by atoms with Crippen LogP contribution in [-0.4, -0.2) is 9.38 Å². The van der Waals surface area contributed by atoms with Gasteiger partial charge in [0, 0.05) is 43.2 Å². The Balaban J connectivity index is 1.58. The van der Waals surface area contributed by atoms with Gasteiger partial charge >= 0.3 is 0 Å². The van der Waals surface area contributed by atoms with Crippen molar-refractivity contribution in [3.05, 3.63) is 115 Å². The van der Waals surface area contributed by atoms with E-state index in [0.29, 0.717) is 0 Å². The van der Waals surface area contributed by atoms with Gasteiger partial charge in [0.15, 0.2) is 0 Å². The van der Waals surface area contributed by atoms with Crippen LogP contribution in [0.15, 0.2) is 115 Å². The third-order valence-electron chi connectivity index (χ3n) is 8.03. The predicted molar refractivity (Wildman–Crippen MR) is 153 cm³/mol. The Hall–Kier alpha value is -4.82. The van der Waals surface area contributed by atoms with Crippen LogP contribution in [0.4, 0.5) is 0 Å². The van der Waals surface area contributed by atoms with Crippen LogP contribution in [0.25, 0.3) is 81.8 Å². The van der Waals surface area contributed by atoms with E-state index in [4.69, 9.17) is 0 Å². The fourth-order valence-electron chi connectivity index (χ4n) is 6.58. The van der Waals surface area contributed by atoms with Crippen LogP contribution in [0.5, 0.6) is 0 Å². The molecule has 0 aliphatic carbocycles. The third kappa shape index (κ3) is 2.14. The SMILES string of the molecule is c1ccc(-c2ccc3[nH]c4c(c3c2)c2ccccc2c2c4c3cccc4c5ccccc5n2c43)cc1. The van der Waals surface area contributed by atoms with Gasteiger partial charge in [0.2, 0.25) is 0 Å². The summed E-state index contributed by atoms with van der Waals surface area (Å²) in [6.07, 6.45) is 0. The fraction of sp³-hybridized carbons (Fsp3) is 0. The van der Waals surface area contributed by atoms with Gasteiger partial charge < -0.3 is 9.38 Å². The minimum absolute atomic E-state index is 1.18. The lowest BCUT2D eigenvalue weighted by molar-refractivity contribution is 1.38. The standard InChI is InChI=1S/C34H20N2/c1-2-9-20(10-3-1)21-17-18-28-27(19-21)30-23-12-4-5-13-25(23)34-31(32(30)35-28)26-15-8-14-24-22-11-6-7-16-29(22)36(34)33(24)26/h1-19,35H. The maximum Gasteiger partial charge on any atom is 0.0641 e. The summed E-state index contributed by atoms with van der Waals surface area (Å²) in [6.45, 7) is 0. The molecule has 9 aromatic rings. The second kappa shape index (κ2) is 6.44. The molecule has 3 heterocycles. The Bertz CT molecular complexity index is 2300. The van der Waals surface area contributed by atoms with Gasteiger partial charge in [0.25, 0.3) is 0 Å².